The average Bonchev–Trinajstić information content (AvgIpc) is 2.63. The van der Waals surface area contributed by atoms with Crippen LogP contribution < -0.4 is 0 Å². The minimum absolute atomic E-state index is 0.0324. The summed E-state index contributed by atoms with van der Waals surface area (Å²) in [5, 5.41) is 49.2. The standard InChI is InChI=1S/2C8H7NO3.C2H4/c2*9-7(8(11)12)5-3-1-2-4-6(5)10;1-2/h2*1-4,9-10H,(H,11,12);1-2H2. The smallest absolute Gasteiger partial charge is 0.354 e. The third-order valence-electron chi connectivity index (χ3n) is 2.77. The highest BCUT2D eigenvalue weighted by atomic mass is 16.4. The SMILES string of the molecule is C=C.N=C(C(=O)O)c1ccccc1O.N=C(C(=O)O)c1ccccc1O. The number of benzene rings is 2. The Bertz CT molecular complexity index is 749. The molecule has 2 rings (SSSR count). The van der Waals surface area contributed by atoms with Crippen molar-refractivity contribution < 1.29 is 30.0 Å². The van der Waals surface area contributed by atoms with Crippen molar-refractivity contribution >= 4 is 23.4 Å². The summed E-state index contributed by atoms with van der Waals surface area (Å²) in [6.45, 7) is 6.00. The van der Waals surface area contributed by atoms with Gasteiger partial charge in [0, 0.05) is 11.1 Å². The van der Waals surface area contributed by atoms with Crippen LogP contribution in [-0.2, 0) is 9.59 Å². The lowest BCUT2D eigenvalue weighted by atomic mass is 10.1. The molecule has 0 aliphatic carbocycles. The maximum Gasteiger partial charge on any atom is 0.354 e. The number of phenolic OH excluding ortho intramolecular Hbond substituents is 2. The Hall–Kier alpha value is -3.94. The first-order chi connectivity index (χ1) is 12.3. The van der Waals surface area contributed by atoms with Gasteiger partial charge in [0.15, 0.2) is 11.4 Å². The Morgan fingerprint density at radius 1 is 0.692 bits per heavy atom. The molecule has 0 saturated heterocycles. The van der Waals surface area contributed by atoms with Gasteiger partial charge in [-0.1, -0.05) is 24.3 Å². The van der Waals surface area contributed by atoms with Gasteiger partial charge in [-0.3, -0.25) is 10.8 Å². The van der Waals surface area contributed by atoms with Crippen molar-refractivity contribution in [1.29, 1.82) is 10.8 Å². The van der Waals surface area contributed by atoms with E-state index in [0.717, 1.165) is 0 Å². The van der Waals surface area contributed by atoms with Crippen molar-refractivity contribution in [2.24, 2.45) is 0 Å². The molecule has 0 heterocycles. The number of carbonyl (C=O) groups is 2. The molecule has 136 valence electrons. The number of para-hydroxylation sites is 2. The van der Waals surface area contributed by atoms with Gasteiger partial charge in [0.1, 0.15) is 11.5 Å². The fourth-order valence-corrected chi connectivity index (χ4v) is 1.60. The summed E-state index contributed by atoms with van der Waals surface area (Å²) in [5.41, 5.74) is -1.14. The van der Waals surface area contributed by atoms with Gasteiger partial charge in [-0.2, -0.15) is 0 Å². The Balaban J connectivity index is 0.000000439. The maximum atomic E-state index is 10.3. The third kappa shape index (κ3) is 6.28. The largest absolute Gasteiger partial charge is 0.507 e. The number of hydrogen-bond acceptors (Lipinski definition) is 6. The van der Waals surface area contributed by atoms with Crippen molar-refractivity contribution in [2.75, 3.05) is 0 Å². The van der Waals surface area contributed by atoms with Gasteiger partial charge >= 0.3 is 11.9 Å². The van der Waals surface area contributed by atoms with Gasteiger partial charge in [-0.05, 0) is 24.3 Å². The van der Waals surface area contributed by atoms with Gasteiger partial charge in [-0.15, -0.1) is 13.2 Å². The molecule has 0 saturated carbocycles. The van der Waals surface area contributed by atoms with Gasteiger partial charge in [-0.25, -0.2) is 9.59 Å². The molecule has 0 radical (unpaired) electrons. The third-order valence-corrected chi connectivity index (χ3v) is 2.77. The molecule has 8 nitrogen and oxygen atoms in total. The van der Waals surface area contributed by atoms with E-state index in [4.69, 9.17) is 31.2 Å². The first kappa shape index (κ1) is 22.1. The Labute approximate surface area is 149 Å². The molecule has 0 bridgehead atoms. The van der Waals surface area contributed by atoms with E-state index in [1.54, 1.807) is 24.3 Å². The Kier molecular flexibility index (Phi) is 9.13. The van der Waals surface area contributed by atoms with Crippen molar-refractivity contribution in [1.82, 2.24) is 0 Å². The number of carboxylic acid groups (broad SMARTS) is 2. The van der Waals surface area contributed by atoms with E-state index in [-0.39, 0.29) is 22.6 Å². The van der Waals surface area contributed by atoms with Gasteiger partial charge in [0.05, 0.1) is 0 Å². The fraction of sp³-hybridized carbons (Fsp3) is 0. The average molecular weight is 358 g/mol. The first-order valence-electron chi connectivity index (χ1n) is 6.96. The zero-order chi connectivity index (χ0) is 20.3. The maximum absolute atomic E-state index is 10.3. The zero-order valence-electron chi connectivity index (χ0n) is 13.6. The molecule has 2 aromatic carbocycles. The molecule has 2 aromatic rings. The Morgan fingerprint density at radius 2 is 0.962 bits per heavy atom. The molecule has 0 aliphatic heterocycles. The van der Waals surface area contributed by atoms with Crippen LogP contribution >= 0.6 is 0 Å². The summed E-state index contributed by atoms with van der Waals surface area (Å²) in [4.78, 5) is 20.6. The summed E-state index contributed by atoms with van der Waals surface area (Å²) in [5.74, 6) is -3.08. The second-order valence-electron chi connectivity index (χ2n) is 4.39. The summed E-state index contributed by atoms with van der Waals surface area (Å²) >= 11 is 0. The van der Waals surface area contributed by atoms with Gasteiger partial charge < -0.3 is 20.4 Å². The van der Waals surface area contributed by atoms with E-state index in [1.807, 2.05) is 0 Å². The van der Waals surface area contributed by atoms with Crippen LogP contribution in [0.2, 0.25) is 0 Å². The van der Waals surface area contributed by atoms with Crippen molar-refractivity contribution in [3.05, 3.63) is 72.8 Å². The number of nitrogens with one attached hydrogen (secondary N) is 2. The summed E-state index contributed by atoms with van der Waals surface area (Å²) in [6, 6.07) is 11.7. The molecule has 0 atom stereocenters. The molecule has 6 N–H and O–H groups in total. The predicted molar refractivity (Wildman–Crippen MR) is 96.4 cm³/mol. The van der Waals surface area contributed by atoms with Crippen LogP contribution in [0.1, 0.15) is 11.1 Å². The number of hydrogen-bond donors (Lipinski definition) is 6. The monoisotopic (exact) mass is 358 g/mol. The highest BCUT2D eigenvalue weighted by Crippen LogP contribution is 2.16. The van der Waals surface area contributed by atoms with E-state index in [1.165, 1.54) is 24.3 Å². The summed E-state index contributed by atoms with van der Waals surface area (Å²) < 4.78 is 0. The van der Waals surface area contributed by atoms with Crippen LogP contribution in [0.4, 0.5) is 0 Å². The lowest BCUT2D eigenvalue weighted by Crippen LogP contribution is -2.12. The molecule has 0 unspecified atom stereocenters. The van der Waals surface area contributed by atoms with Crippen molar-refractivity contribution in [3.63, 3.8) is 0 Å². The lowest BCUT2D eigenvalue weighted by Gasteiger charge is -2.00. The topological polar surface area (TPSA) is 163 Å². The number of aliphatic carboxylic acids is 2. The minimum Gasteiger partial charge on any atom is -0.507 e. The van der Waals surface area contributed by atoms with E-state index < -0.39 is 23.4 Å². The van der Waals surface area contributed by atoms with Crippen LogP contribution in [0.25, 0.3) is 0 Å². The highest BCUT2D eigenvalue weighted by Gasteiger charge is 2.13. The molecular weight excluding hydrogens is 340 g/mol. The highest BCUT2D eigenvalue weighted by molar-refractivity contribution is 6.42. The van der Waals surface area contributed by atoms with Crippen LogP contribution in [0.3, 0.4) is 0 Å². The number of rotatable bonds is 4. The van der Waals surface area contributed by atoms with Crippen LogP contribution in [0.15, 0.2) is 61.7 Å². The lowest BCUT2D eigenvalue weighted by molar-refractivity contribution is -0.130. The summed E-state index contributed by atoms with van der Waals surface area (Å²) in [6.07, 6.45) is 0. The molecule has 0 aromatic heterocycles. The summed E-state index contributed by atoms with van der Waals surface area (Å²) in [7, 11) is 0. The molecule has 0 spiro atoms. The molecular formula is C18H18N2O6. The van der Waals surface area contributed by atoms with E-state index in [0.29, 0.717) is 0 Å². The zero-order valence-corrected chi connectivity index (χ0v) is 13.6. The molecule has 26 heavy (non-hydrogen) atoms. The van der Waals surface area contributed by atoms with E-state index >= 15 is 0 Å². The quantitative estimate of drug-likeness (QED) is 0.363. The van der Waals surface area contributed by atoms with Crippen LogP contribution in [0.5, 0.6) is 11.5 Å². The van der Waals surface area contributed by atoms with Crippen molar-refractivity contribution in [3.8, 4) is 11.5 Å². The van der Waals surface area contributed by atoms with Crippen molar-refractivity contribution in [2.45, 2.75) is 0 Å². The van der Waals surface area contributed by atoms with Gasteiger partial charge in [0.2, 0.25) is 0 Å². The van der Waals surface area contributed by atoms with Crippen LogP contribution in [-0.4, -0.2) is 43.8 Å². The second-order valence-corrected chi connectivity index (χ2v) is 4.39. The Morgan fingerprint density at radius 3 is 1.19 bits per heavy atom. The number of carboxylic acids is 2. The molecule has 8 heteroatoms. The van der Waals surface area contributed by atoms with E-state index in [2.05, 4.69) is 13.2 Å². The molecule has 0 amide bonds. The normalized spacial score (nSPS) is 8.77. The number of phenols is 2. The molecule has 0 fully saturated rings. The van der Waals surface area contributed by atoms with Gasteiger partial charge in [0.25, 0.3) is 0 Å². The molecule has 0 aliphatic rings. The predicted octanol–water partition coefficient (Wildman–Crippen LogP) is 2.49. The first-order valence-corrected chi connectivity index (χ1v) is 6.96. The fourth-order valence-electron chi connectivity index (χ4n) is 1.60. The number of aromatic hydroxyl groups is 2. The van der Waals surface area contributed by atoms with E-state index in [9.17, 15) is 9.59 Å². The van der Waals surface area contributed by atoms with Crippen LogP contribution in [0, 0.1) is 10.8 Å². The second kappa shape index (κ2) is 10.8. The minimum atomic E-state index is -1.35.